The molecule has 0 aliphatic carbocycles. The van der Waals surface area contributed by atoms with Gasteiger partial charge in [-0.05, 0) is 60.8 Å². The lowest BCUT2D eigenvalue weighted by Crippen LogP contribution is -2.42. The maximum Gasteiger partial charge on any atom is 0.318 e. The van der Waals surface area contributed by atoms with Gasteiger partial charge < -0.3 is 5.48 Å². The van der Waals surface area contributed by atoms with Gasteiger partial charge in [0.25, 0.3) is 0 Å². The molecule has 0 unspecified atom stereocenters. The van der Waals surface area contributed by atoms with Crippen molar-refractivity contribution in [3.8, 4) is 0 Å². The van der Waals surface area contributed by atoms with Crippen LogP contribution in [0.1, 0.15) is 29.5 Å². The molecule has 0 saturated carbocycles. The van der Waals surface area contributed by atoms with Crippen molar-refractivity contribution in [2.75, 3.05) is 13.1 Å². The van der Waals surface area contributed by atoms with E-state index in [1.165, 1.54) is 6.07 Å². The first kappa shape index (κ1) is 26.0. The van der Waals surface area contributed by atoms with E-state index >= 15 is 0 Å². The Balaban J connectivity index is 0.00000171. The van der Waals surface area contributed by atoms with Gasteiger partial charge in [0.1, 0.15) is 4.90 Å². The van der Waals surface area contributed by atoms with E-state index in [0.717, 1.165) is 60.7 Å². The second-order valence-corrected chi connectivity index (χ2v) is 9.96. The van der Waals surface area contributed by atoms with Crippen LogP contribution in [-0.2, 0) is 29.7 Å². The second-order valence-electron chi connectivity index (χ2n) is 7.60. The molecule has 1 saturated heterocycles. The van der Waals surface area contributed by atoms with Crippen LogP contribution in [-0.4, -0.2) is 42.8 Å². The van der Waals surface area contributed by atoms with Gasteiger partial charge in [0.05, 0.1) is 9.60 Å². The lowest BCUT2D eigenvalue weighted by molar-refractivity contribution is 0.103. The molecule has 0 aromatic heterocycles. The van der Waals surface area contributed by atoms with Crippen molar-refractivity contribution in [1.29, 1.82) is 0 Å². The number of sulfonamides is 1. The summed E-state index contributed by atoms with van der Waals surface area (Å²) < 4.78 is 25.9. The van der Waals surface area contributed by atoms with Crippen LogP contribution in [0, 0.1) is 4.91 Å². The topological polar surface area (TPSA) is 102 Å². The molecule has 2 aromatic carbocycles. The first-order valence-electron chi connectivity index (χ1n) is 9.48. The predicted octanol–water partition coefficient (Wildman–Crippen LogP) is 4.03. The molecule has 0 spiro atoms. The maximum atomic E-state index is 11.8. The first-order valence-corrected chi connectivity index (χ1v) is 11.7. The molecule has 2 aromatic rings. The van der Waals surface area contributed by atoms with Gasteiger partial charge in [-0.2, -0.15) is 8.42 Å². The monoisotopic (exact) mass is 507 g/mol. The van der Waals surface area contributed by atoms with Gasteiger partial charge in [-0.25, -0.2) is 0 Å². The van der Waals surface area contributed by atoms with E-state index in [4.69, 9.17) is 23.2 Å². The largest absolute Gasteiger partial charge is 0.412 e. The highest BCUT2D eigenvalue weighted by atomic mass is 35.5. The molecule has 2 aliphatic rings. The molecule has 2 aliphatic heterocycles. The van der Waals surface area contributed by atoms with Crippen LogP contribution in [0.5, 0.6) is 0 Å². The lowest BCUT2D eigenvalue weighted by atomic mass is 10.0. The third-order valence-corrected chi connectivity index (χ3v) is 7.69. The molecule has 11 heteroatoms. The highest BCUT2D eigenvalue weighted by Gasteiger charge is 2.31. The van der Waals surface area contributed by atoms with Crippen molar-refractivity contribution in [2.45, 2.75) is 43.4 Å². The standard InChI is InChI=1S/C20H21Cl2N3O3S.ClH.H2O/c21-18-4-2-1-3-14(18)11-24-7-5-17(6-8-24)25-12-15-9-19(22)20(10-16(15)13-25)29(27,28)23-26;;/h1-4,9-10,17H,5-8,11-13H2;1H;1H2. The first-order chi connectivity index (χ1) is 13.9. The number of likely N-dealkylation sites (tertiary alicyclic amines) is 1. The molecule has 0 radical (unpaired) electrons. The van der Waals surface area contributed by atoms with Crippen LogP contribution in [0.15, 0.2) is 45.9 Å². The Labute approximate surface area is 198 Å². The van der Waals surface area contributed by atoms with E-state index in [0.29, 0.717) is 12.6 Å². The number of hydrogen-bond acceptors (Lipinski definition) is 5. The van der Waals surface area contributed by atoms with Crippen LogP contribution in [0.3, 0.4) is 0 Å². The number of rotatable bonds is 5. The lowest BCUT2D eigenvalue weighted by Gasteiger charge is -2.36. The van der Waals surface area contributed by atoms with Crippen molar-refractivity contribution in [2.24, 2.45) is 4.58 Å². The quantitative estimate of drug-likeness (QED) is 0.568. The average molecular weight is 509 g/mol. The summed E-state index contributed by atoms with van der Waals surface area (Å²) in [6.07, 6.45) is 2.07. The number of fused-ring (bicyclic) bond motifs is 1. The molecule has 2 heterocycles. The average Bonchev–Trinajstić information content (AvgIpc) is 3.12. The van der Waals surface area contributed by atoms with Crippen LogP contribution in [0.25, 0.3) is 0 Å². The summed E-state index contributed by atoms with van der Waals surface area (Å²) in [5, 5.41) is 0.858. The number of nitrogens with zero attached hydrogens (tertiary/aromatic N) is 3. The van der Waals surface area contributed by atoms with E-state index < -0.39 is 10.0 Å². The molecular formula is C20H24Cl3N3O4S. The van der Waals surface area contributed by atoms with E-state index in [1.807, 2.05) is 18.2 Å². The van der Waals surface area contributed by atoms with Gasteiger partial charge in [-0.3, -0.25) is 9.80 Å². The van der Waals surface area contributed by atoms with Gasteiger partial charge >= 0.3 is 10.0 Å². The summed E-state index contributed by atoms with van der Waals surface area (Å²) in [7, 11) is -4.23. The molecule has 4 rings (SSSR count). The number of benzene rings is 2. The number of hydrogen-bond donors (Lipinski definition) is 0. The Morgan fingerprint density at radius 3 is 2.23 bits per heavy atom. The number of nitroso groups, excluding NO2 is 1. The summed E-state index contributed by atoms with van der Waals surface area (Å²) in [6, 6.07) is 11.5. The molecule has 2 N–H and O–H groups in total. The van der Waals surface area contributed by atoms with Crippen LogP contribution in [0.4, 0.5) is 0 Å². The summed E-state index contributed by atoms with van der Waals surface area (Å²) in [5.41, 5.74) is 3.06. The van der Waals surface area contributed by atoms with E-state index in [-0.39, 0.29) is 27.8 Å². The Morgan fingerprint density at radius 2 is 1.61 bits per heavy atom. The second kappa shape index (κ2) is 10.6. The Kier molecular flexibility index (Phi) is 8.86. The zero-order chi connectivity index (χ0) is 20.6. The summed E-state index contributed by atoms with van der Waals surface area (Å²) in [5.74, 6) is 0. The third-order valence-electron chi connectivity index (χ3n) is 5.80. The molecule has 0 bridgehead atoms. The van der Waals surface area contributed by atoms with Crippen molar-refractivity contribution < 1.29 is 13.9 Å². The van der Waals surface area contributed by atoms with E-state index in [9.17, 15) is 13.3 Å². The van der Waals surface area contributed by atoms with Crippen molar-refractivity contribution in [1.82, 2.24) is 9.80 Å². The summed E-state index contributed by atoms with van der Waals surface area (Å²) >= 11 is 12.4. The highest BCUT2D eigenvalue weighted by Crippen LogP contribution is 2.34. The molecule has 7 nitrogen and oxygen atoms in total. The summed E-state index contributed by atoms with van der Waals surface area (Å²) in [4.78, 5) is 15.2. The minimum Gasteiger partial charge on any atom is -0.412 e. The van der Waals surface area contributed by atoms with Crippen LogP contribution in [0.2, 0.25) is 10.0 Å². The third kappa shape index (κ3) is 5.57. The van der Waals surface area contributed by atoms with Gasteiger partial charge in [-0.1, -0.05) is 41.4 Å². The molecule has 0 atom stereocenters. The van der Waals surface area contributed by atoms with E-state index in [2.05, 4.69) is 20.4 Å². The van der Waals surface area contributed by atoms with Crippen molar-refractivity contribution in [3.63, 3.8) is 0 Å². The zero-order valence-electron chi connectivity index (χ0n) is 16.6. The number of piperidine rings is 1. The molecule has 1 fully saturated rings. The number of halogens is 3. The van der Waals surface area contributed by atoms with Gasteiger partial charge in [0.2, 0.25) is 0 Å². The fourth-order valence-electron chi connectivity index (χ4n) is 4.23. The normalized spacial score (nSPS) is 17.5. The molecule has 0 amide bonds. The zero-order valence-corrected chi connectivity index (χ0v) is 19.8. The minimum atomic E-state index is -4.23. The van der Waals surface area contributed by atoms with Gasteiger partial charge in [-0.15, -0.1) is 17.3 Å². The van der Waals surface area contributed by atoms with Crippen molar-refractivity contribution in [3.05, 3.63) is 68.0 Å². The van der Waals surface area contributed by atoms with Crippen LogP contribution >= 0.6 is 35.6 Å². The van der Waals surface area contributed by atoms with Gasteiger partial charge in [0, 0.05) is 30.7 Å². The fraction of sp³-hybridized carbons (Fsp3) is 0.400. The Bertz CT molecular complexity index is 1040. The smallest absolute Gasteiger partial charge is 0.318 e. The molecule has 31 heavy (non-hydrogen) atoms. The van der Waals surface area contributed by atoms with Gasteiger partial charge in [0.15, 0.2) is 0 Å². The van der Waals surface area contributed by atoms with Crippen molar-refractivity contribution >= 4 is 45.6 Å². The Morgan fingerprint density at radius 1 is 1.00 bits per heavy atom. The highest BCUT2D eigenvalue weighted by molar-refractivity contribution is 7.90. The SMILES string of the molecule is Cl.O.O=NS(=O)(=O)c1cc2c(cc1Cl)CN(C1CCN(Cc3ccccc3Cl)CC1)C2. The fourth-order valence-corrected chi connectivity index (χ4v) is 5.58. The maximum absolute atomic E-state index is 11.8. The van der Waals surface area contributed by atoms with Crippen LogP contribution < -0.4 is 0 Å². The van der Waals surface area contributed by atoms with E-state index in [1.54, 1.807) is 6.07 Å². The molecule has 170 valence electrons. The minimum absolute atomic E-state index is 0. The summed E-state index contributed by atoms with van der Waals surface area (Å²) in [6.45, 7) is 4.21. The molecular weight excluding hydrogens is 485 g/mol. The predicted molar refractivity (Wildman–Crippen MR) is 124 cm³/mol. The Hall–Kier alpha value is -1.26.